The number of aryl methyl sites for hydroxylation is 3. The van der Waals surface area contributed by atoms with Gasteiger partial charge < -0.3 is 5.32 Å². The summed E-state index contributed by atoms with van der Waals surface area (Å²) in [5.74, 6) is 0. The summed E-state index contributed by atoms with van der Waals surface area (Å²) in [5, 5.41) is 3.53. The summed E-state index contributed by atoms with van der Waals surface area (Å²) in [5.41, 5.74) is 7.38. The van der Waals surface area contributed by atoms with Gasteiger partial charge in [0.25, 0.3) is 0 Å². The van der Waals surface area contributed by atoms with E-state index in [9.17, 15) is 0 Å². The maximum atomic E-state index is 3.53. The van der Waals surface area contributed by atoms with E-state index in [2.05, 4.69) is 72.0 Å². The van der Waals surface area contributed by atoms with E-state index in [1.54, 1.807) is 0 Å². The van der Waals surface area contributed by atoms with Crippen LogP contribution in [-0.2, 0) is 6.42 Å². The van der Waals surface area contributed by atoms with Gasteiger partial charge in [0.2, 0.25) is 0 Å². The summed E-state index contributed by atoms with van der Waals surface area (Å²) < 4.78 is 0. The van der Waals surface area contributed by atoms with Crippen molar-refractivity contribution in [2.75, 3.05) is 6.54 Å². The third-order valence-corrected chi connectivity index (χ3v) is 3.59. The molecule has 0 saturated heterocycles. The molecule has 1 nitrogen and oxygen atoms in total. The van der Waals surface area contributed by atoms with E-state index in [0.717, 1.165) is 19.4 Å². The van der Waals surface area contributed by atoms with Crippen molar-refractivity contribution in [2.45, 2.75) is 66.8 Å². The number of hydrogen-bond donors (Lipinski definition) is 1. The normalized spacial score (nSPS) is 12.8. The Balaban J connectivity index is 2.60. The van der Waals surface area contributed by atoms with Gasteiger partial charge in [0.15, 0.2) is 0 Å². The van der Waals surface area contributed by atoms with Crippen LogP contribution in [0.2, 0.25) is 0 Å². The topological polar surface area (TPSA) is 12.0 Å². The third-order valence-electron chi connectivity index (χ3n) is 3.59. The number of allylic oxidation sites excluding steroid dienone is 1. The highest BCUT2D eigenvalue weighted by atomic mass is 14.9. The zero-order chi connectivity index (χ0) is 15.3. The maximum absolute atomic E-state index is 3.53. The first-order valence-corrected chi connectivity index (χ1v) is 7.66. The van der Waals surface area contributed by atoms with Gasteiger partial charge >= 0.3 is 0 Å². The Morgan fingerprint density at radius 2 is 1.65 bits per heavy atom. The van der Waals surface area contributed by atoms with Crippen LogP contribution < -0.4 is 5.32 Å². The number of benzene rings is 1. The second-order valence-electron chi connectivity index (χ2n) is 7.07. The molecule has 1 rings (SSSR count). The smallest absolute Gasteiger partial charge is 0.00966 e. The molecule has 0 atom stereocenters. The largest absolute Gasteiger partial charge is 0.312 e. The van der Waals surface area contributed by atoms with Crippen molar-refractivity contribution in [3.63, 3.8) is 0 Å². The predicted molar refractivity (Wildman–Crippen MR) is 90.5 cm³/mol. The van der Waals surface area contributed by atoms with Crippen molar-refractivity contribution in [1.82, 2.24) is 5.32 Å². The molecule has 0 aliphatic rings. The van der Waals surface area contributed by atoms with Gasteiger partial charge in [-0.2, -0.15) is 0 Å². The Labute approximate surface area is 125 Å². The second kappa shape index (κ2) is 7.08. The molecule has 0 amide bonds. The molecule has 0 fully saturated rings. The van der Waals surface area contributed by atoms with E-state index in [1.807, 2.05) is 0 Å². The highest BCUT2D eigenvalue weighted by Crippen LogP contribution is 2.19. The minimum absolute atomic E-state index is 0.214. The van der Waals surface area contributed by atoms with Crippen LogP contribution in [0.25, 0.3) is 0 Å². The van der Waals surface area contributed by atoms with Gasteiger partial charge in [-0.05, 0) is 84.5 Å². The molecule has 20 heavy (non-hydrogen) atoms. The summed E-state index contributed by atoms with van der Waals surface area (Å²) in [6, 6.07) is 4.58. The van der Waals surface area contributed by atoms with E-state index < -0.39 is 0 Å². The molecule has 0 aliphatic heterocycles. The van der Waals surface area contributed by atoms with E-state index in [4.69, 9.17) is 0 Å². The van der Waals surface area contributed by atoms with E-state index in [0.29, 0.717) is 0 Å². The van der Waals surface area contributed by atoms with Crippen LogP contribution in [0, 0.1) is 20.8 Å². The van der Waals surface area contributed by atoms with E-state index in [-0.39, 0.29) is 5.54 Å². The minimum atomic E-state index is 0.214. The Kier molecular flexibility index (Phi) is 6.01. The molecule has 0 heterocycles. The Hall–Kier alpha value is -1.08. The van der Waals surface area contributed by atoms with Crippen LogP contribution in [0.5, 0.6) is 0 Å². The predicted octanol–water partition coefficient (Wildman–Crippen LogP) is 4.88. The SMILES string of the molecule is CC(=CCCNC(C)(C)C)Cc1c(C)cc(C)cc1C. The molecule has 1 N–H and O–H groups in total. The van der Waals surface area contributed by atoms with E-state index >= 15 is 0 Å². The Morgan fingerprint density at radius 1 is 1.10 bits per heavy atom. The Bertz CT molecular complexity index is 452. The van der Waals surface area contributed by atoms with Crippen LogP contribution in [0.4, 0.5) is 0 Å². The zero-order valence-electron chi connectivity index (χ0n) is 14.4. The molecular weight excluding hydrogens is 242 g/mol. The fourth-order valence-corrected chi connectivity index (χ4v) is 2.61. The van der Waals surface area contributed by atoms with Crippen molar-refractivity contribution < 1.29 is 0 Å². The molecule has 1 heteroatoms. The maximum Gasteiger partial charge on any atom is 0.00966 e. The molecule has 0 radical (unpaired) electrons. The molecule has 0 aliphatic carbocycles. The highest BCUT2D eigenvalue weighted by Gasteiger charge is 2.07. The second-order valence-corrected chi connectivity index (χ2v) is 7.07. The molecule has 1 aromatic rings. The monoisotopic (exact) mass is 273 g/mol. The summed E-state index contributed by atoms with van der Waals surface area (Å²) >= 11 is 0. The highest BCUT2D eigenvalue weighted by molar-refractivity contribution is 5.39. The lowest BCUT2D eigenvalue weighted by Crippen LogP contribution is -2.36. The molecule has 0 spiro atoms. The average Bonchev–Trinajstić information content (AvgIpc) is 2.28. The first-order chi connectivity index (χ1) is 9.19. The van der Waals surface area contributed by atoms with Gasteiger partial charge in [-0.25, -0.2) is 0 Å². The summed E-state index contributed by atoms with van der Waals surface area (Å²) in [6.07, 6.45) is 4.55. The molecule has 0 bridgehead atoms. The van der Waals surface area contributed by atoms with Gasteiger partial charge in [0.1, 0.15) is 0 Å². The number of nitrogens with one attached hydrogen (secondary N) is 1. The van der Waals surface area contributed by atoms with Gasteiger partial charge in [-0.3, -0.25) is 0 Å². The summed E-state index contributed by atoms with van der Waals surface area (Å²) in [7, 11) is 0. The van der Waals surface area contributed by atoms with Crippen LogP contribution in [-0.4, -0.2) is 12.1 Å². The van der Waals surface area contributed by atoms with Crippen molar-refractivity contribution in [1.29, 1.82) is 0 Å². The Morgan fingerprint density at radius 3 is 2.15 bits per heavy atom. The quantitative estimate of drug-likeness (QED) is 0.595. The lowest BCUT2D eigenvalue weighted by molar-refractivity contribution is 0.431. The number of rotatable bonds is 5. The molecule has 0 aromatic heterocycles. The lowest BCUT2D eigenvalue weighted by Gasteiger charge is -2.20. The first-order valence-electron chi connectivity index (χ1n) is 7.66. The number of hydrogen-bond acceptors (Lipinski definition) is 1. The summed E-state index contributed by atoms with van der Waals surface area (Å²) in [6.45, 7) is 16.6. The van der Waals surface area contributed by atoms with Crippen LogP contribution in [0.1, 0.15) is 56.4 Å². The van der Waals surface area contributed by atoms with Crippen molar-refractivity contribution in [2.24, 2.45) is 0 Å². The fourth-order valence-electron chi connectivity index (χ4n) is 2.61. The molecule has 0 unspecified atom stereocenters. The van der Waals surface area contributed by atoms with Gasteiger partial charge in [-0.15, -0.1) is 0 Å². The lowest BCUT2D eigenvalue weighted by atomic mass is 9.94. The van der Waals surface area contributed by atoms with Crippen LogP contribution >= 0.6 is 0 Å². The average molecular weight is 273 g/mol. The molecular formula is C19H31N. The minimum Gasteiger partial charge on any atom is -0.312 e. The molecule has 1 aromatic carbocycles. The van der Waals surface area contributed by atoms with Crippen molar-refractivity contribution in [3.05, 3.63) is 46.0 Å². The third kappa shape index (κ3) is 5.92. The van der Waals surface area contributed by atoms with Crippen molar-refractivity contribution >= 4 is 0 Å². The van der Waals surface area contributed by atoms with Gasteiger partial charge in [-0.1, -0.05) is 29.3 Å². The zero-order valence-corrected chi connectivity index (χ0v) is 14.4. The van der Waals surface area contributed by atoms with Crippen LogP contribution in [0.3, 0.4) is 0 Å². The molecule has 112 valence electrons. The first kappa shape index (κ1) is 17.0. The summed E-state index contributed by atoms with van der Waals surface area (Å²) in [4.78, 5) is 0. The van der Waals surface area contributed by atoms with Gasteiger partial charge in [0, 0.05) is 5.54 Å². The fraction of sp³-hybridized carbons (Fsp3) is 0.579. The van der Waals surface area contributed by atoms with Crippen LogP contribution in [0.15, 0.2) is 23.8 Å². The van der Waals surface area contributed by atoms with E-state index in [1.165, 1.54) is 27.8 Å². The van der Waals surface area contributed by atoms with Crippen molar-refractivity contribution in [3.8, 4) is 0 Å². The molecule has 0 saturated carbocycles. The van der Waals surface area contributed by atoms with Gasteiger partial charge in [0.05, 0.1) is 0 Å². The standard InChI is InChI=1S/C19H31N/c1-14(9-8-10-20-19(5,6)7)13-18-16(3)11-15(2)12-17(18)4/h9,11-12,20H,8,10,13H2,1-7H3.